The predicted octanol–water partition coefficient (Wildman–Crippen LogP) is -1.22. The van der Waals surface area contributed by atoms with Gasteiger partial charge in [-0.1, -0.05) is 47.6 Å². The van der Waals surface area contributed by atoms with Crippen LogP contribution in [-0.2, 0) is 34.6 Å². The van der Waals surface area contributed by atoms with Crippen molar-refractivity contribution in [2.24, 2.45) is 0 Å². The lowest BCUT2D eigenvalue weighted by Gasteiger charge is -2.07. The van der Waals surface area contributed by atoms with E-state index in [2.05, 4.69) is 0 Å². The largest absolute Gasteiger partial charge is 0.748 e. The van der Waals surface area contributed by atoms with Crippen molar-refractivity contribution < 1.29 is 51.5 Å². The van der Waals surface area contributed by atoms with Gasteiger partial charge in [0, 0.05) is 12.5 Å². The molecule has 0 radical (unpaired) electrons. The molecule has 2 heterocycles. The van der Waals surface area contributed by atoms with Gasteiger partial charge in [0.05, 0.1) is 31.6 Å². The van der Waals surface area contributed by atoms with E-state index in [0.717, 1.165) is 11.4 Å². The Morgan fingerprint density at radius 3 is 1.30 bits per heavy atom. The molecule has 0 aliphatic carbocycles. The van der Waals surface area contributed by atoms with Crippen LogP contribution in [0.2, 0.25) is 0 Å². The van der Waals surface area contributed by atoms with Crippen molar-refractivity contribution in [2.45, 2.75) is 0 Å². The van der Waals surface area contributed by atoms with E-state index in [9.17, 15) is 0 Å². The summed E-state index contributed by atoms with van der Waals surface area (Å²) in [4.78, 5) is 10.8. The lowest BCUT2D eigenvalue weighted by atomic mass is 10.3. The first-order chi connectivity index (χ1) is 15.4. The van der Waals surface area contributed by atoms with Crippen LogP contribution in [0.3, 0.4) is 0 Å². The molecule has 2 aliphatic rings. The van der Waals surface area contributed by atoms with Crippen LogP contribution in [0.25, 0.3) is 0 Å². The number of nitrogens with two attached hydrogens (primary N) is 2. The smallest absolute Gasteiger partial charge is 0.376 e. The Morgan fingerprint density at radius 2 is 1.00 bits per heavy atom. The third kappa shape index (κ3) is 11.2. The number of nitrogens with zero attached hydrogens (tertiary/aromatic N) is 2. The van der Waals surface area contributed by atoms with Crippen LogP contribution >= 0.6 is 0 Å². The summed E-state index contributed by atoms with van der Waals surface area (Å²) in [6.45, 7) is 0. The maximum Gasteiger partial charge on any atom is 0.376 e. The molecule has 2 aliphatic heterocycles. The molecule has 33 heavy (non-hydrogen) atoms. The average Bonchev–Trinajstić information content (AvgIpc) is 3.37. The number of hydrogen-bond acceptors (Lipinski definition) is 11. The molecule has 0 fully saturated rings. The normalized spacial score (nSPS) is 15.0. The minimum absolute atomic E-state index is 0.350. The lowest BCUT2D eigenvalue weighted by molar-refractivity contribution is -0.888. The maximum atomic E-state index is 9.08. The Hall–Kier alpha value is -3.34. The molecule has 2 aromatic carbocycles. The first-order valence-electron chi connectivity index (χ1n) is 8.98. The van der Waals surface area contributed by atoms with Gasteiger partial charge < -0.3 is 13.8 Å². The third-order valence-electron chi connectivity index (χ3n) is 3.36. The summed E-state index contributed by atoms with van der Waals surface area (Å²) in [7, 11) is -7.83. The fourth-order valence-electron chi connectivity index (χ4n) is 2.24. The van der Waals surface area contributed by atoms with Crippen molar-refractivity contribution in [3.05, 3.63) is 85.0 Å². The zero-order valence-electron chi connectivity index (χ0n) is 17.5. The molecule has 4 N–H and O–H groups in total. The average molecular weight is 503 g/mol. The minimum atomic E-state index is -3.92. The van der Waals surface area contributed by atoms with E-state index in [4.69, 9.17) is 40.4 Å². The van der Waals surface area contributed by atoms with Crippen molar-refractivity contribution in [2.75, 3.05) is 22.5 Å². The molecular formula is C18H22N4O9S2. The van der Waals surface area contributed by atoms with Crippen LogP contribution in [0.1, 0.15) is 0 Å². The SMILES string of the molecule is C1=C(OC2=CN(c3ccccc3)[NH2+]O2)O[NH2+]N1c1ccccc1.CS(=O)(=O)[O-].CS(=O)(=O)[O-]. The van der Waals surface area contributed by atoms with Gasteiger partial charge in [0.25, 0.3) is 0 Å². The summed E-state index contributed by atoms with van der Waals surface area (Å²) < 4.78 is 60.1. The number of benzene rings is 2. The summed E-state index contributed by atoms with van der Waals surface area (Å²) >= 11 is 0. The van der Waals surface area contributed by atoms with Gasteiger partial charge in [-0.05, 0) is 24.3 Å². The van der Waals surface area contributed by atoms with E-state index in [1.165, 1.54) is 0 Å². The molecule has 0 saturated heterocycles. The number of rotatable bonds is 4. The van der Waals surface area contributed by atoms with Gasteiger partial charge in [-0.3, -0.25) is 9.68 Å². The molecule has 0 unspecified atom stereocenters. The lowest BCUT2D eigenvalue weighted by Crippen LogP contribution is -2.89. The fourth-order valence-corrected chi connectivity index (χ4v) is 2.24. The Labute approximate surface area is 190 Å². The highest BCUT2D eigenvalue weighted by Gasteiger charge is 2.27. The van der Waals surface area contributed by atoms with Crippen LogP contribution in [0.15, 0.2) is 85.0 Å². The monoisotopic (exact) mass is 502 g/mol. The fraction of sp³-hybridized carbons (Fsp3) is 0.111. The first kappa shape index (κ1) is 25.9. The molecule has 0 spiro atoms. The van der Waals surface area contributed by atoms with Gasteiger partial charge >= 0.3 is 11.9 Å². The van der Waals surface area contributed by atoms with E-state index in [0.29, 0.717) is 24.4 Å². The Bertz CT molecular complexity index is 1060. The number of para-hydroxylation sites is 2. The third-order valence-corrected chi connectivity index (χ3v) is 3.36. The van der Waals surface area contributed by atoms with Gasteiger partial charge in [-0.25, -0.2) is 16.8 Å². The molecule has 2 aromatic rings. The van der Waals surface area contributed by atoms with E-state index >= 15 is 0 Å². The second-order valence-corrected chi connectivity index (χ2v) is 9.16. The van der Waals surface area contributed by atoms with Gasteiger partial charge in [0.15, 0.2) is 0 Å². The van der Waals surface area contributed by atoms with Crippen molar-refractivity contribution in [3.63, 3.8) is 0 Å². The van der Waals surface area contributed by atoms with Crippen molar-refractivity contribution in [1.82, 2.24) is 0 Å². The van der Waals surface area contributed by atoms with Crippen molar-refractivity contribution >= 4 is 31.6 Å². The summed E-state index contributed by atoms with van der Waals surface area (Å²) in [6, 6.07) is 19.7. The first-order valence-corrected chi connectivity index (χ1v) is 12.6. The Balaban J connectivity index is 0.000000327. The second kappa shape index (κ2) is 11.5. The van der Waals surface area contributed by atoms with E-state index < -0.39 is 20.2 Å². The van der Waals surface area contributed by atoms with Crippen LogP contribution in [0, 0.1) is 0 Å². The van der Waals surface area contributed by atoms with E-state index in [1.54, 1.807) is 23.6 Å². The van der Waals surface area contributed by atoms with Gasteiger partial charge in [0.1, 0.15) is 12.4 Å². The van der Waals surface area contributed by atoms with Crippen LogP contribution in [0.5, 0.6) is 0 Å². The highest BCUT2D eigenvalue weighted by atomic mass is 32.2. The Kier molecular flexibility index (Phi) is 9.03. The van der Waals surface area contributed by atoms with Gasteiger partial charge in [-0.2, -0.15) is 10.0 Å². The van der Waals surface area contributed by atoms with Crippen LogP contribution in [0.4, 0.5) is 11.4 Å². The number of anilines is 2. The van der Waals surface area contributed by atoms with Crippen LogP contribution < -0.4 is 21.2 Å². The zero-order valence-corrected chi connectivity index (χ0v) is 19.1. The van der Waals surface area contributed by atoms with Crippen molar-refractivity contribution in [3.8, 4) is 0 Å². The van der Waals surface area contributed by atoms with E-state index in [-0.39, 0.29) is 0 Å². The quantitative estimate of drug-likeness (QED) is 0.378. The van der Waals surface area contributed by atoms with Gasteiger partial charge in [-0.15, -0.1) is 0 Å². The molecule has 180 valence electrons. The highest BCUT2D eigenvalue weighted by molar-refractivity contribution is 7.85. The van der Waals surface area contributed by atoms with E-state index in [1.807, 2.05) is 70.7 Å². The summed E-state index contributed by atoms with van der Waals surface area (Å²) in [5.74, 6) is 0.701. The van der Waals surface area contributed by atoms with Crippen LogP contribution in [-0.4, -0.2) is 38.5 Å². The summed E-state index contributed by atoms with van der Waals surface area (Å²) in [5, 5.41) is 3.67. The molecule has 0 saturated carbocycles. The highest BCUT2D eigenvalue weighted by Crippen LogP contribution is 2.18. The molecule has 15 heteroatoms. The van der Waals surface area contributed by atoms with Gasteiger partial charge in [0.2, 0.25) is 0 Å². The molecule has 0 amide bonds. The summed E-state index contributed by atoms with van der Waals surface area (Å²) in [5.41, 5.74) is 5.15. The number of ether oxygens (including phenoxy) is 1. The molecule has 0 aromatic heterocycles. The minimum Gasteiger partial charge on any atom is -0.748 e. The summed E-state index contributed by atoms with van der Waals surface area (Å²) in [6.07, 6.45) is 4.72. The second-order valence-electron chi connectivity index (χ2n) is 6.34. The topological polar surface area (TPSA) is 182 Å². The molecular weight excluding hydrogens is 480 g/mol. The number of hydrogen-bond donors (Lipinski definition) is 2. The molecule has 0 bridgehead atoms. The zero-order chi connectivity index (χ0) is 24.5. The Morgan fingerprint density at radius 1 is 0.697 bits per heavy atom. The van der Waals surface area contributed by atoms with Crippen molar-refractivity contribution in [1.29, 1.82) is 0 Å². The number of quaternary nitrogens is 2. The molecule has 4 rings (SSSR count). The standard InChI is InChI=1S/C16H14N4O3.2CH4O3S/c1-3-7-13(8-4-1)19-11-15(22-17-19)21-16-12-20(18-23-16)14-9-5-2-6-10-14;2*1-5(2,3)4/h1-12,17-18H;2*1H3,(H,2,3,4). The maximum absolute atomic E-state index is 9.08. The molecule has 0 atom stereocenters. The molecule has 13 nitrogen and oxygen atoms in total. The predicted molar refractivity (Wildman–Crippen MR) is 112 cm³/mol.